The minimum Gasteiger partial charge on any atom is -0.379 e. The molecule has 0 aromatic rings. The fraction of sp³-hybridized carbons (Fsp3) is 1.00. The van der Waals surface area contributed by atoms with Crippen LogP contribution in [0, 0.1) is 5.41 Å². The molecule has 1 unspecified atom stereocenters. The molecule has 1 saturated heterocycles. The lowest BCUT2D eigenvalue weighted by Crippen LogP contribution is -2.63. The molecule has 0 spiro atoms. The van der Waals surface area contributed by atoms with E-state index in [1.54, 1.807) is 0 Å². The van der Waals surface area contributed by atoms with Gasteiger partial charge in [-0.15, -0.1) is 0 Å². The van der Waals surface area contributed by atoms with Gasteiger partial charge in [-0.3, -0.25) is 16.2 Å². The third kappa shape index (κ3) is 3.73. The van der Waals surface area contributed by atoms with Gasteiger partial charge in [0.05, 0.1) is 13.2 Å². The Kier molecular flexibility index (Phi) is 5.46. The van der Waals surface area contributed by atoms with Gasteiger partial charge >= 0.3 is 0 Å². The molecule has 1 aliphatic heterocycles. The van der Waals surface area contributed by atoms with Crippen molar-refractivity contribution < 1.29 is 4.74 Å². The Morgan fingerprint density at radius 3 is 2.30 bits per heavy atom. The molecule has 20 heavy (non-hydrogen) atoms. The molecule has 0 aromatic carbocycles. The zero-order valence-electron chi connectivity index (χ0n) is 13.6. The first-order chi connectivity index (χ1) is 9.48. The van der Waals surface area contributed by atoms with Crippen LogP contribution in [0.5, 0.6) is 0 Å². The fourth-order valence-corrected chi connectivity index (χ4v) is 3.97. The van der Waals surface area contributed by atoms with Gasteiger partial charge in [-0.05, 0) is 31.1 Å². The van der Waals surface area contributed by atoms with E-state index in [0.717, 1.165) is 32.7 Å². The van der Waals surface area contributed by atoms with Crippen molar-refractivity contribution >= 4 is 0 Å². The lowest BCUT2D eigenvalue weighted by molar-refractivity contribution is -0.0381. The van der Waals surface area contributed by atoms with E-state index < -0.39 is 0 Å². The van der Waals surface area contributed by atoms with Crippen LogP contribution in [0.1, 0.15) is 59.3 Å². The van der Waals surface area contributed by atoms with Gasteiger partial charge in [0, 0.05) is 24.7 Å². The summed E-state index contributed by atoms with van der Waals surface area (Å²) < 4.78 is 5.54. The van der Waals surface area contributed by atoms with E-state index in [9.17, 15) is 0 Å². The molecule has 4 nitrogen and oxygen atoms in total. The average Bonchev–Trinajstić information content (AvgIpc) is 2.90. The second-order valence-corrected chi connectivity index (χ2v) is 7.73. The van der Waals surface area contributed by atoms with Crippen molar-refractivity contribution in [2.75, 3.05) is 26.3 Å². The van der Waals surface area contributed by atoms with Gasteiger partial charge in [-0.25, -0.2) is 0 Å². The Hall–Kier alpha value is -0.160. The van der Waals surface area contributed by atoms with E-state index >= 15 is 0 Å². The maximum absolute atomic E-state index is 5.97. The van der Waals surface area contributed by atoms with Crippen LogP contribution in [0.2, 0.25) is 0 Å². The summed E-state index contributed by atoms with van der Waals surface area (Å²) in [5.74, 6) is 5.97. The summed E-state index contributed by atoms with van der Waals surface area (Å²) in [4.78, 5) is 2.66. The topological polar surface area (TPSA) is 50.5 Å². The highest BCUT2D eigenvalue weighted by atomic mass is 16.5. The minimum absolute atomic E-state index is 0.268. The highest BCUT2D eigenvalue weighted by Gasteiger charge is 2.45. The monoisotopic (exact) mass is 283 g/mol. The maximum Gasteiger partial charge on any atom is 0.0594 e. The fourth-order valence-electron chi connectivity index (χ4n) is 3.97. The molecule has 0 aromatic heterocycles. The second kappa shape index (κ2) is 6.73. The summed E-state index contributed by atoms with van der Waals surface area (Å²) in [6, 6.07) is 0.405. The Morgan fingerprint density at radius 1 is 1.20 bits per heavy atom. The molecule has 0 radical (unpaired) electrons. The molecule has 0 amide bonds. The van der Waals surface area contributed by atoms with Crippen molar-refractivity contribution in [2.24, 2.45) is 11.3 Å². The van der Waals surface area contributed by atoms with Gasteiger partial charge < -0.3 is 4.74 Å². The Labute approximate surface area is 124 Å². The molecule has 118 valence electrons. The van der Waals surface area contributed by atoms with E-state index in [4.69, 9.17) is 10.6 Å². The van der Waals surface area contributed by atoms with Crippen LogP contribution in [-0.4, -0.2) is 42.8 Å². The Bertz CT molecular complexity index is 289. The molecular weight excluding hydrogens is 250 g/mol. The number of hydrogen-bond acceptors (Lipinski definition) is 4. The molecule has 1 atom stereocenters. The molecule has 4 heteroatoms. The van der Waals surface area contributed by atoms with E-state index in [1.807, 2.05) is 0 Å². The van der Waals surface area contributed by atoms with Gasteiger partial charge in [0.15, 0.2) is 0 Å². The van der Waals surface area contributed by atoms with Crippen LogP contribution in [-0.2, 0) is 4.74 Å². The molecule has 2 aliphatic rings. The lowest BCUT2D eigenvalue weighted by Gasteiger charge is -2.48. The van der Waals surface area contributed by atoms with E-state index in [1.165, 1.54) is 32.1 Å². The van der Waals surface area contributed by atoms with E-state index in [-0.39, 0.29) is 5.54 Å². The van der Waals surface area contributed by atoms with Gasteiger partial charge in [0.2, 0.25) is 0 Å². The van der Waals surface area contributed by atoms with Gasteiger partial charge in [0.1, 0.15) is 0 Å². The van der Waals surface area contributed by atoms with Crippen LogP contribution in [0.4, 0.5) is 0 Å². The second-order valence-electron chi connectivity index (χ2n) is 7.73. The molecule has 0 bridgehead atoms. The number of nitrogens with zero attached hydrogens (tertiary/aromatic N) is 1. The predicted octanol–water partition coefficient (Wildman–Crippen LogP) is 2.29. The smallest absolute Gasteiger partial charge is 0.0594 e. The van der Waals surface area contributed by atoms with E-state index in [0.29, 0.717) is 11.5 Å². The molecule has 2 fully saturated rings. The molecule has 1 aliphatic carbocycles. The van der Waals surface area contributed by atoms with Crippen molar-refractivity contribution in [1.82, 2.24) is 10.3 Å². The lowest BCUT2D eigenvalue weighted by atomic mass is 9.79. The summed E-state index contributed by atoms with van der Waals surface area (Å²) in [7, 11) is 0. The number of nitrogens with two attached hydrogens (primary N) is 1. The highest BCUT2D eigenvalue weighted by molar-refractivity contribution is 5.03. The number of morpholine rings is 1. The summed E-state index contributed by atoms with van der Waals surface area (Å²) in [5, 5.41) is 0. The van der Waals surface area contributed by atoms with Crippen molar-refractivity contribution in [3.8, 4) is 0 Å². The van der Waals surface area contributed by atoms with E-state index in [2.05, 4.69) is 31.1 Å². The Balaban J connectivity index is 2.08. The van der Waals surface area contributed by atoms with Gasteiger partial charge in [-0.2, -0.15) is 0 Å². The quantitative estimate of drug-likeness (QED) is 0.600. The van der Waals surface area contributed by atoms with Crippen LogP contribution >= 0.6 is 0 Å². The number of ether oxygens (including phenoxy) is 1. The maximum atomic E-state index is 5.97. The van der Waals surface area contributed by atoms with Crippen LogP contribution < -0.4 is 11.3 Å². The van der Waals surface area contributed by atoms with Crippen LogP contribution in [0.15, 0.2) is 0 Å². The molecule has 1 saturated carbocycles. The van der Waals surface area contributed by atoms with Crippen LogP contribution in [0.3, 0.4) is 0 Å². The van der Waals surface area contributed by atoms with Crippen molar-refractivity contribution in [1.29, 1.82) is 0 Å². The Morgan fingerprint density at radius 2 is 1.80 bits per heavy atom. The molecule has 1 heterocycles. The summed E-state index contributed by atoms with van der Waals surface area (Å²) in [6.07, 6.45) is 7.62. The average molecular weight is 283 g/mol. The number of nitrogens with one attached hydrogen (secondary N) is 1. The summed E-state index contributed by atoms with van der Waals surface area (Å²) in [6.45, 7) is 10.8. The largest absolute Gasteiger partial charge is 0.379 e. The minimum atomic E-state index is 0.268. The molecule has 3 N–H and O–H groups in total. The zero-order chi connectivity index (χ0) is 14.6. The third-order valence-corrected chi connectivity index (χ3v) is 5.14. The summed E-state index contributed by atoms with van der Waals surface area (Å²) in [5.41, 5.74) is 3.81. The van der Waals surface area contributed by atoms with Crippen molar-refractivity contribution in [3.63, 3.8) is 0 Å². The van der Waals surface area contributed by atoms with Crippen LogP contribution in [0.25, 0.3) is 0 Å². The number of rotatable bonds is 5. The molecular formula is C16H33N3O. The van der Waals surface area contributed by atoms with Gasteiger partial charge in [-0.1, -0.05) is 33.6 Å². The number of hydrazine groups is 1. The normalized spacial score (nSPS) is 25.8. The predicted molar refractivity (Wildman–Crippen MR) is 83.4 cm³/mol. The van der Waals surface area contributed by atoms with Crippen molar-refractivity contribution in [3.05, 3.63) is 0 Å². The summed E-state index contributed by atoms with van der Waals surface area (Å²) >= 11 is 0. The molecule has 2 rings (SSSR count). The first-order valence-electron chi connectivity index (χ1n) is 8.27. The van der Waals surface area contributed by atoms with Crippen molar-refractivity contribution in [2.45, 2.75) is 70.9 Å². The standard InChI is InChI=1S/C16H33N3O/c1-15(2,3)9-6-14(18-17)16(7-4-5-8-16)19-10-12-20-13-11-19/h14,18H,4-13,17H2,1-3H3. The zero-order valence-corrected chi connectivity index (χ0v) is 13.6. The first-order valence-corrected chi connectivity index (χ1v) is 8.27. The number of hydrogen-bond donors (Lipinski definition) is 2. The first kappa shape index (κ1) is 16.2. The third-order valence-electron chi connectivity index (χ3n) is 5.14. The highest BCUT2D eigenvalue weighted by Crippen LogP contribution is 2.40. The van der Waals surface area contributed by atoms with Gasteiger partial charge in [0.25, 0.3) is 0 Å². The SMILES string of the molecule is CC(C)(C)CCC(NN)C1(N2CCOCC2)CCCC1.